The summed E-state index contributed by atoms with van der Waals surface area (Å²) in [6, 6.07) is -5.28. The Hall–Kier alpha value is -1.17. The molecule has 0 spiro atoms. The van der Waals surface area contributed by atoms with Crippen LogP contribution in [0.1, 0.15) is 60.8 Å². The van der Waals surface area contributed by atoms with Crippen LogP contribution in [0.15, 0.2) is 18.1 Å². The highest BCUT2D eigenvalue weighted by molar-refractivity contribution is 6.43. The summed E-state index contributed by atoms with van der Waals surface area (Å²) in [6.45, 7) is -26.2. The van der Waals surface area contributed by atoms with Gasteiger partial charge in [0.25, 0.3) is 0 Å². The monoisotopic (exact) mass is 447 g/mol. The lowest BCUT2D eigenvalue weighted by Crippen LogP contribution is -2.47. The zero-order valence-electron chi connectivity index (χ0n) is 35.5. The molecule has 0 bridgehead atoms. The minimum Gasteiger partial charge on any atom is -0.368 e. The first-order valence-corrected chi connectivity index (χ1v) is 9.06. The van der Waals surface area contributed by atoms with Gasteiger partial charge in [-0.05, 0) is 56.6 Å². The van der Waals surface area contributed by atoms with Gasteiger partial charge in [0, 0.05) is 65.2 Å². The smallest absolute Gasteiger partial charge is 0.317 e. The average molecular weight is 449 g/mol. The number of carbonyl (C=O) groups excluding carboxylic acids is 1. The molecule has 1 aliphatic heterocycles. The standard InChI is InChI=1S/C21H32Cl2N4O/c1-25(2)21(28)24-17-8-6-16(7-9-17)10-11-26-12-14-27(15-13-26)19-5-3-4-18(22)20(19)23/h3-5,16-17H,6-15H2,1-2H3,(H,24,28)/i1D3,2D3,3D,4D,5D,10D2,11D2,12D2,13D2,14D2,15D2. The van der Waals surface area contributed by atoms with Gasteiger partial charge >= 0.3 is 6.03 Å². The third-order valence-corrected chi connectivity index (χ3v) is 4.91. The number of benzene rings is 1. The van der Waals surface area contributed by atoms with Gasteiger partial charge in [0.1, 0.15) is 0 Å². The third kappa shape index (κ3) is 5.68. The number of carbonyl (C=O) groups is 1. The number of nitrogens with one attached hydrogen (secondary N) is 1. The number of piperazine rings is 1. The molecule has 1 saturated heterocycles. The van der Waals surface area contributed by atoms with Crippen LogP contribution < -0.4 is 10.2 Å². The van der Waals surface area contributed by atoms with Crippen molar-refractivity contribution in [1.82, 2.24) is 15.1 Å². The van der Waals surface area contributed by atoms with Crippen molar-refractivity contribution in [2.45, 2.75) is 38.1 Å². The van der Waals surface area contributed by atoms with Crippen LogP contribution in [0.3, 0.4) is 0 Å². The molecule has 0 radical (unpaired) electrons. The van der Waals surface area contributed by atoms with Crippen molar-refractivity contribution >= 4 is 34.9 Å². The second-order valence-corrected chi connectivity index (χ2v) is 6.82. The second-order valence-electron chi connectivity index (χ2n) is 6.06. The maximum absolute atomic E-state index is 12.6. The Kier molecular flexibility index (Phi) is 2.58. The van der Waals surface area contributed by atoms with E-state index in [2.05, 4.69) is 5.32 Å². The lowest BCUT2D eigenvalue weighted by molar-refractivity contribution is 0.194. The molecule has 28 heavy (non-hydrogen) atoms. The lowest BCUT2D eigenvalue weighted by Gasteiger charge is -2.37. The maximum Gasteiger partial charge on any atom is 0.317 e. The van der Waals surface area contributed by atoms with Crippen molar-refractivity contribution in [2.24, 2.45) is 5.92 Å². The Morgan fingerprint density at radius 3 is 2.68 bits per heavy atom. The van der Waals surface area contributed by atoms with E-state index in [1.165, 1.54) is 0 Å². The van der Waals surface area contributed by atoms with E-state index in [4.69, 9.17) is 52.0 Å². The number of halogens is 2. The highest BCUT2D eigenvalue weighted by atomic mass is 35.5. The summed E-state index contributed by atoms with van der Waals surface area (Å²) in [7, 11) is 0. The van der Waals surface area contributed by atoms with Gasteiger partial charge in [-0.1, -0.05) is 29.2 Å². The van der Waals surface area contributed by atoms with Gasteiger partial charge in [-0.25, -0.2) is 4.79 Å². The van der Waals surface area contributed by atoms with E-state index < -0.39 is 110 Å². The second kappa shape index (κ2) is 10.0. The minimum atomic E-state index is -3.97. The molecular formula is C21H32Cl2N4O. The van der Waals surface area contributed by atoms with Crippen LogP contribution in [-0.2, 0) is 0 Å². The van der Waals surface area contributed by atoms with Crippen molar-refractivity contribution in [3.05, 3.63) is 28.2 Å². The molecule has 0 unspecified atom stereocenters. The van der Waals surface area contributed by atoms with Gasteiger partial charge in [0.05, 0.1) is 25.3 Å². The number of hydrogen-bond donors (Lipinski definition) is 1. The maximum atomic E-state index is 12.6. The quantitative estimate of drug-likeness (QED) is 0.729. The van der Waals surface area contributed by atoms with Crippen LogP contribution in [0, 0.1) is 5.92 Å². The molecule has 5 nitrogen and oxygen atoms in total. The van der Waals surface area contributed by atoms with Gasteiger partial charge in [-0.2, -0.15) is 0 Å². The number of amides is 2. The van der Waals surface area contributed by atoms with E-state index >= 15 is 0 Å². The number of hydrogen-bond acceptors (Lipinski definition) is 3. The fourth-order valence-electron chi connectivity index (χ4n) is 2.71. The SMILES string of the molecule is [2H]c1c([2H])c(Cl)c(Cl)c(N2C([2H])([2H])C([2H])([2H])N(C([2H])([2H])C([2H])([2H])C3CCC(NC(=O)N(C([2H])([2H])[2H])C([2H])([2H])[2H])CC3)C([2H])([2H])C2([2H])[2H])c1[2H]. The summed E-state index contributed by atoms with van der Waals surface area (Å²) in [5.74, 6) is -1.40. The molecule has 2 fully saturated rings. The first kappa shape index (κ1) is 7.21. The van der Waals surface area contributed by atoms with Gasteiger partial charge in [0.15, 0.2) is 0 Å². The van der Waals surface area contributed by atoms with Crippen molar-refractivity contribution < 1.29 is 33.6 Å². The topological polar surface area (TPSA) is 38.8 Å². The van der Waals surface area contributed by atoms with E-state index in [0.717, 1.165) is 0 Å². The van der Waals surface area contributed by atoms with Gasteiger partial charge in [-0.15, -0.1) is 0 Å². The normalized spacial score (nSPS) is 43.6. The fourth-order valence-corrected chi connectivity index (χ4v) is 3.03. The summed E-state index contributed by atoms with van der Waals surface area (Å²) in [5, 5.41) is 0.610. The lowest BCUT2D eigenvalue weighted by atomic mass is 9.84. The third-order valence-electron chi connectivity index (χ3n) is 4.16. The molecular weight excluding hydrogens is 395 g/mol. The molecule has 2 amide bonds. The predicted molar refractivity (Wildman–Crippen MR) is 118 cm³/mol. The number of nitrogens with zero attached hydrogens (tertiary/aromatic N) is 3. The van der Waals surface area contributed by atoms with E-state index in [0.29, 0.717) is 0 Å². The molecule has 2 aliphatic rings. The molecule has 7 heteroatoms. The van der Waals surface area contributed by atoms with Crippen molar-refractivity contribution in [2.75, 3.05) is 51.3 Å². The zero-order chi connectivity index (χ0) is 38.5. The van der Waals surface area contributed by atoms with E-state index in [1.54, 1.807) is 0 Å². The summed E-state index contributed by atoms with van der Waals surface area (Å²) < 4.78 is 173. The number of rotatable bonds is 5. The molecule has 1 heterocycles. The molecule has 0 aromatic heterocycles. The van der Waals surface area contributed by atoms with Crippen LogP contribution in [0.4, 0.5) is 10.5 Å². The Morgan fingerprint density at radius 2 is 2.00 bits per heavy atom. The van der Waals surface area contributed by atoms with Crippen molar-refractivity contribution in [3.8, 4) is 0 Å². The van der Waals surface area contributed by atoms with E-state index in [1.807, 2.05) is 0 Å². The van der Waals surface area contributed by atoms with Crippen molar-refractivity contribution in [1.29, 1.82) is 0 Å². The van der Waals surface area contributed by atoms with Gasteiger partial charge in [0.2, 0.25) is 0 Å². The predicted octanol–water partition coefficient (Wildman–Crippen LogP) is 4.34. The summed E-state index contributed by atoms with van der Waals surface area (Å²) in [4.78, 5) is 11.5. The first-order valence-electron chi connectivity index (χ1n) is 18.8. The molecule has 3 rings (SSSR count). The number of urea groups is 1. The molecule has 1 aliphatic carbocycles. The van der Waals surface area contributed by atoms with Crippen LogP contribution in [0.2, 0.25) is 10.0 Å². The minimum absolute atomic E-state index is 0.163. The first-order chi connectivity index (χ1) is 21.6. The van der Waals surface area contributed by atoms with Crippen LogP contribution in [-0.4, -0.2) is 68.3 Å². The summed E-state index contributed by atoms with van der Waals surface area (Å²) in [6.07, 6.45) is -4.20. The average Bonchev–Trinajstić information content (AvgIpc) is 2.90. The molecule has 1 aromatic carbocycles. The van der Waals surface area contributed by atoms with E-state index in [-0.39, 0.29) is 35.5 Å². The molecule has 156 valence electrons. The van der Waals surface area contributed by atoms with Crippen LogP contribution in [0.25, 0.3) is 0 Å². The Morgan fingerprint density at radius 1 is 1.29 bits per heavy atom. The summed E-state index contributed by atoms with van der Waals surface area (Å²) in [5.41, 5.74) is -1.10. The molecule has 1 aromatic rings. The largest absolute Gasteiger partial charge is 0.368 e. The van der Waals surface area contributed by atoms with Crippen LogP contribution >= 0.6 is 23.2 Å². The van der Waals surface area contributed by atoms with E-state index in [9.17, 15) is 4.79 Å². The molecule has 0 atom stereocenters. The molecule has 1 N–H and O–H groups in total. The Labute approximate surface area is 208 Å². The highest BCUT2D eigenvalue weighted by Gasteiger charge is 2.24. The Balaban J connectivity index is 2.02. The zero-order valence-corrected chi connectivity index (χ0v) is 16.0. The molecule has 1 saturated carbocycles. The van der Waals surface area contributed by atoms with Gasteiger partial charge in [-0.3, -0.25) is 4.90 Å². The number of anilines is 1. The van der Waals surface area contributed by atoms with Crippen LogP contribution in [0.5, 0.6) is 0 Å². The Bertz CT molecular complexity index is 1390. The fraction of sp³-hybridized carbons (Fsp3) is 0.667. The summed E-state index contributed by atoms with van der Waals surface area (Å²) >= 11 is 12.1. The van der Waals surface area contributed by atoms with Crippen molar-refractivity contribution in [3.63, 3.8) is 0 Å². The highest BCUT2D eigenvalue weighted by Crippen LogP contribution is 2.33. The van der Waals surface area contributed by atoms with Gasteiger partial charge < -0.3 is 15.1 Å².